The molecule has 0 spiro atoms. The van der Waals surface area contributed by atoms with Crippen molar-refractivity contribution in [3.8, 4) is 22.9 Å². The predicted octanol–water partition coefficient (Wildman–Crippen LogP) is 2.85. The van der Waals surface area contributed by atoms with E-state index >= 15 is 0 Å². The van der Waals surface area contributed by atoms with Crippen LogP contribution in [0, 0.1) is 0 Å². The Kier molecular flexibility index (Phi) is 6.35. The Hall–Kier alpha value is -4.61. The Balaban J connectivity index is 1.38. The summed E-state index contributed by atoms with van der Waals surface area (Å²) in [6.07, 6.45) is -0.188. The van der Waals surface area contributed by atoms with Crippen molar-refractivity contribution in [3.63, 3.8) is 0 Å². The van der Waals surface area contributed by atoms with Crippen molar-refractivity contribution < 1.29 is 33.3 Å². The van der Waals surface area contributed by atoms with Gasteiger partial charge in [0.2, 0.25) is 12.7 Å². The zero-order valence-electron chi connectivity index (χ0n) is 23.2. The van der Waals surface area contributed by atoms with Crippen LogP contribution >= 0.6 is 0 Å². The first-order valence-electron chi connectivity index (χ1n) is 13.5. The Morgan fingerprint density at radius 1 is 1.07 bits per heavy atom. The van der Waals surface area contributed by atoms with Gasteiger partial charge in [-0.05, 0) is 50.5 Å². The van der Waals surface area contributed by atoms with Gasteiger partial charge in [-0.25, -0.2) is 9.78 Å². The first-order valence-corrected chi connectivity index (χ1v) is 13.5. The average molecular weight is 563 g/mol. The van der Waals surface area contributed by atoms with E-state index in [0.717, 1.165) is 16.5 Å². The molecule has 0 bridgehead atoms. The number of carbonyl (C=O) groups is 3. The number of rotatable bonds is 5. The summed E-state index contributed by atoms with van der Waals surface area (Å²) in [6.45, 7) is 7.19. The van der Waals surface area contributed by atoms with Crippen LogP contribution in [0.5, 0.6) is 11.5 Å². The van der Waals surface area contributed by atoms with E-state index in [-0.39, 0.29) is 44.6 Å². The number of ether oxygens (including phenoxy) is 4. The maximum absolute atomic E-state index is 13.6. The molecule has 2 N–H and O–H groups in total. The minimum Gasteiger partial charge on any atom is -0.460 e. The molecule has 0 fully saturated rings. The van der Waals surface area contributed by atoms with Crippen LogP contribution in [0.3, 0.4) is 0 Å². The molecule has 5 heterocycles. The second kappa shape index (κ2) is 9.79. The number of hydrogen-bond acceptors (Lipinski definition) is 9. The zero-order chi connectivity index (χ0) is 29.1. The fourth-order valence-electron chi connectivity index (χ4n) is 5.49. The summed E-state index contributed by atoms with van der Waals surface area (Å²) < 4.78 is 23.3. The average Bonchev–Trinajstić information content (AvgIpc) is 3.52. The highest BCUT2D eigenvalue weighted by atomic mass is 16.7. The molecule has 0 radical (unpaired) electrons. The van der Waals surface area contributed by atoms with Crippen molar-refractivity contribution >= 4 is 28.9 Å². The van der Waals surface area contributed by atoms with Crippen LogP contribution in [0.15, 0.2) is 23.0 Å². The number of nitrogens with one attached hydrogen (secondary N) is 2. The number of pyridine rings is 2. The molecule has 3 aliphatic heterocycles. The van der Waals surface area contributed by atoms with Gasteiger partial charge in [-0.15, -0.1) is 0 Å². The van der Waals surface area contributed by atoms with E-state index in [1.165, 1.54) is 0 Å². The van der Waals surface area contributed by atoms with Crippen LogP contribution in [0.1, 0.15) is 62.3 Å². The van der Waals surface area contributed by atoms with Crippen molar-refractivity contribution in [3.05, 3.63) is 50.8 Å². The van der Waals surface area contributed by atoms with Crippen molar-refractivity contribution in [2.45, 2.75) is 65.3 Å². The van der Waals surface area contributed by atoms with Gasteiger partial charge >= 0.3 is 12.1 Å². The monoisotopic (exact) mass is 562 g/mol. The number of alkyl carbamates (subject to hydrolysis) is 1. The molecule has 41 heavy (non-hydrogen) atoms. The summed E-state index contributed by atoms with van der Waals surface area (Å²) in [5, 5.41) is 6.06. The van der Waals surface area contributed by atoms with Crippen molar-refractivity contribution in [1.82, 2.24) is 20.2 Å². The largest absolute Gasteiger partial charge is 0.460 e. The molecule has 12 nitrogen and oxygen atoms in total. The first-order chi connectivity index (χ1) is 19.5. The third kappa shape index (κ3) is 4.72. The summed E-state index contributed by atoms with van der Waals surface area (Å²) in [5.41, 5.74) is 3.57. The van der Waals surface area contributed by atoms with Gasteiger partial charge < -0.3 is 34.1 Å². The highest BCUT2D eigenvalue weighted by Crippen LogP contribution is 2.42. The molecule has 2 aromatic heterocycles. The minimum atomic E-state index is -0.692. The maximum atomic E-state index is 13.6. The van der Waals surface area contributed by atoms with E-state index in [9.17, 15) is 19.2 Å². The third-order valence-electron chi connectivity index (χ3n) is 7.37. The van der Waals surface area contributed by atoms with Gasteiger partial charge in [-0.2, -0.15) is 0 Å². The Labute approximate surface area is 234 Å². The molecule has 0 aliphatic carbocycles. The molecular weight excluding hydrogens is 532 g/mol. The quantitative estimate of drug-likeness (QED) is 0.351. The van der Waals surface area contributed by atoms with Crippen LogP contribution in [-0.2, 0) is 38.8 Å². The van der Waals surface area contributed by atoms with Gasteiger partial charge in [0.25, 0.3) is 5.56 Å². The first kappa shape index (κ1) is 26.6. The van der Waals surface area contributed by atoms with E-state index in [1.54, 1.807) is 31.4 Å². The van der Waals surface area contributed by atoms with Gasteiger partial charge in [-0.1, -0.05) is 6.92 Å². The standard InChI is InChI=1S/C29H30N4O8/c1-5-14-15-6-21-25-18(11-33(21)26(35)19(15)12-38-27(14)36)17(9-30-24(34)10-31-28(37)41-29(2,3)4)16-7-22-23(40-13-39-22)8-20(16)32-25/h6-8,14H,5,9-13H2,1-4H3,(H,30,34)(H,31,37). The second-order valence-electron chi connectivity index (χ2n) is 11.2. The molecule has 0 saturated carbocycles. The topological polar surface area (TPSA) is 147 Å². The van der Waals surface area contributed by atoms with Crippen LogP contribution in [0.4, 0.5) is 4.79 Å². The number of cyclic esters (lactones) is 1. The molecule has 2 amide bonds. The molecule has 0 saturated heterocycles. The number of hydrogen-bond donors (Lipinski definition) is 2. The molecule has 6 rings (SSSR count). The summed E-state index contributed by atoms with van der Waals surface area (Å²) in [6, 6.07) is 5.47. The summed E-state index contributed by atoms with van der Waals surface area (Å²) in [4.78, 5) is 55.7. The Bertz CT molecular complexity index is 1690. The van der Waals surface area contributed by atoms with Crippen LogP contribution < -0.4 is 25.7 Å². The Morgan fingerprint density at radius 2 is 1.83 bits per heavy atom. The fourth-order valence-corrected chi connectivity index (χ4v) is 5.49. The van der Waals surface area contributed by atoms with Crippen LogP contribution in [-0.4, -0.2) is 46.5 Å². The number of benzene rings is 1. The van der Waals surface area contributed by atoms with Crippen molar-refractivity contribution in [2.75, 3.05) is 13.3 Å². The van der Waals surface area contributed by atoms with E-state index in [2.05, 4.69) is 10.6 Å². The molecule has 12 heteroatoms. The molecule has 1 aromatic carbocycles. The van der Waals surface area contributed by atoms with Gasteiger partial charge in [-0.3, -0.25) is 14.4 Å². The molecule has 3 aliphatic rings. The zero-order valence-corrected chi connectivity index (χ0v) is 23.2. The fraction of sp³-hybridized carbons (Fsp3) is 0.414. The second-order valence-corrected chi connectivity index (χ2v) is 11.2. The molecular formula is C29H30N4O8. The van der Waals surface area contributed by atoms with E-state index in [4.69, 9.17) is 23.9 Å². The lowest BCUT2D eigenvalue weighted by molar-refractivity contribution is -0.148. The summed E-state index contributed by atoms with van der Waals surface area (Å²) in [5.74, 6) is -0.170. The Morgan fingerprint density at radius 3 is 2.56 bits per heavy atom. The highest BCUT2D eigenvalue weighted by Gasteiger charge is 2.35. The van der Waals surface area contributed by atoms with E-state index < -0.39 is 23.5 Å². The van der Waals surface area contributed by atoms with Gasteiger partial charge in [0.05, 0.1) is 34.9 Å². The lowest BCUT2D eigenvalue weighted by atomic mass is 9.90. The molecule has 1 atom stereocenters. The molecule has 1 unspecified atom stereocenters. The SMILES string of the molecule is CCC1C(=O)OCc2c1cc1n(c2=O)Cc2c-1nc1cc3c(cc1c2CNC(=O)CNC(=O)OC(C)(C)C)OCO3. The van der Waals surface area contributed by atoms with Gasteiger partial charge in [0.1, 0.15) is 18.8 Å². The molecule has 3 aromatic rings. The number of esters is 1. The van der Waals surface area contributed by atoms with Crippen molar-refractivity contribution in [2.24, 2.45) is 0 Å². The smallest absolute Gasteiger partial charge is 0.408 e. The number of amides is 2. The summed E-state index contributed by atoms with van der Waals surface area (Å²) >= 11 is 0. The number of fused-ring (bicyclic) bond motifs is 6. The van der Waals surface area contributed by atoms with E-state index in [0.29, 0.717) is 46.0 Å². The highest BCUT2D eigenvalue weighted by molar-refractivity contribution is 5.92. The number of carbonyl (C=O) groups excluding carboxylic acids is 3. The lowest BCUT2D eigenvalue weighted by Crippen LogP contribution is -2.39. The minimum absolute atomic E-state index is 0.0650. The summed E-state index contributed by atoms with van der Waals surface area (Å²) in [7, 11) is 0. The maximum Gasteiger partial charge on any atom is 0.408 e. The number of aromatic nitrogens is 2. The molecule has 214 valence electrons. The van der Waals surface area contributed by atoms with E-state index in [1.807, 2.05) is 19.1 Å². The van der Waals surface area contributed by atoms with Crippen LogP contribution in [0.25, 0.3) is 22.3 Å². The van der Waals surface area contributed by atoms with Crippen molar-refractivity contribution in [1.29, 1.82) is 0 Å². The third-order valence-corrected chi connectivity index (χ3v) is 7.37. The van der Waals surface area contributed by atoms with Gasteiger partial charge in [0.15, 0.2) is 11.5 Å². The van der Waals surface area contributed by atoms with Crippen LogP contribution in [0.2, 0.25) is 0 Å². The predicted molar refractivity (Wildman–Crippen MR) is 146 cm³/mol. The lowest BCUT2D eigenvalue weighted by Gasteiger charge is -2.24. The van der Waals surface area contributed by atoms with Gasteiger partial charge in [0, 0.05) is 23.6 Å². The number of nitrogens with zero attached hydrogens (tertiary/aromatic N) is 2. The normalized spacial score (nSPS) is 16.5.